The number of likely N-dealkylation sites (tertiary alicyclic amines) is 1. The Morgan fingerprint density at radius 1 is 1.10 bits per heavy atom. The van der Waals surface area contributed by atoms with E-state index in [1.807, 2.05) is 6.07 Å². The summed E-state index contributed by atoms with van der Waals surface area (Å²) in [5.41, 5.74) is 3.37. The lowest BCUT2D eigenvalue weighted by Crippen LogP contribution is -2.46. The predicted molar refractivity (Wildman–Crippen MR) is 119 cm³/mol. The van der Waals surface area contributed by atoms with Gasteiger partial charge in [-0.05, 0) is 44.7 Å². The van der Waals surface area contributed by atoms with E-state index in [9.17, 15) is 4.79 Å². The third kappa shape index (κ3) is 4.72. The van der Waals surface area contributed by atoms with Crippen LogP contribution in [0.25, 0.3) is 0 Å². The largest absolute Gasteiger partial charge is 0.368 e. The van der Waals surface area contributed by atoms with Gasteiger partial charge in [-0.25, -0.2) is 14.6 Å². The van der Waals surface area contributed by atoms with Gasteiger partial charge in [0.05, 0.1) is 12.2 Å². The highest BCUT2D eigenvalue weighted by Crippen LogP contribution is 2.26. The van der Waals surface area contributed by atoms with Crippen LogP contribution in [0.1, 0.15) is 63.4 Å². The minimum absolute atomic E-state index is 0.0220. The Morgan fingerprint density at radius 2 is 1.97 bits per heavy atom. The molecule has 2 aliphatic rings. The molecule has 1 unspecified atom stereocenters. The number of hydrogen-bond donors (Lipinski definition) is 1. The van der Waals surface area contributed by atoms with Gasteiger partial charge in [0.2, 0.25) is 0 Å². The zero-order valence-electron chi connectivity index (χ0n) is 18.5. The molecular formula is C23H34N6O. The average molecular weight is 411 g/mol. The van der Waals surface area contributed by atoms with Crippen molar-refractivity contribution in [3.63, 3.8) is 0 Å². The summed E-state index contributed by atoms with van der Waals surface area (Å²) in [5, 5.41) is 8.24. The van der Waals surface area contributed by atoms with Crippen LogP contribution >= 0.6 is 0 Å². The third-order valence-electron chi connectivity index (χ3n) is 6.36. The second-order valence-electron chi connectivity index (χ2n) is 9.60. The summed E-state index contributed by atoms with van der Waals surface area (Å²) in [4.78, 5) is 23.8. The van der Waals surface area contributed by atoms with Gasteiger partial charge >= 0.3 is 0 Å². The highest BCUT2D eigenvalue weighted by atomic mass is 16.1. The molecule has 7 nitrogen and oxygen atoms in total. The molecule has 7 heteroatoms. The number of aromatic nitrogens is 4. The molecule has 2 aromatic rings. The predicted octanol–water partition coefficient (Wildman–Crippen LogP) is 2.79. The van der Waals surface area contributed by atoms with Crippen LogP contribution in [0.4, 0.5) is 5.82 Å². The highest BCUT2D eigenvalue weighted by molar-refractivity contribution is 5.48. The minimum atomic E-state index is -0.0647. The van der Waals surface area contributed by atoms with E-state index < -0.39 is 0 Å². The highest BCUT2D eigenvalue weighted by Gasteiger charge is 2.24. The summed E-state index contributed by atoms with van der Waals surface area (Å²) < 4.78 is 1.64. The summed E-state index contributed by atoms with van der Waals surface area (Å²) in [5.74, 6) is 1.01. The number of nitrogens with zero attached hydrogens (tertiary/aromatic N) is 5. The van der Waals surface area contributed by atoms with Crippen molar-refractivity contribution in [3.8, 4) is 0 Å². The van der Waals surface area contributed by atoms with E-state index in [-0.39, 0.29) is 11.0 Å². The molecule has 1 fully saturated rings. The Bertz CT molecular complexity index is 932. The molecule has 0 spiro atoms. The molecule has 2 aromatic heterocycles. The molecule has 0 amide bonds. The molecule has 1 N–H and O–H groups in total. The van der Waals surface area contributed by atoms with Gasteiger partial charge < -0.3 is 5.32 Å². The van der Waals surface area contributed by atoms with E-state index in [0.29, 0.717) is 12.6 Å². The summed E-state index contributed by atoms with van der Waals surface area (Å²) in [6, 6.07) is 3.96. The van der Waals surface area contributed by atoms with E-state index in [4.69, 9.17) is 0 Å². The van der Waals surface area contributed by atoms with E-state index in [1.165, 1.54) is 36.9 Å². The summed E-state index contributed by atoms with van der Waals surface area (Å²) >= 11 is 0. The number of rotatable bonds is 6. The lowest BCUT2D eigenvalue weighted by molar-refractivity contribution is 0.147. The maximum absolute atomic E-state index is 12.3. The summed E-state index contributed by atoms with van der Waals surface area (Å²) in [6.45, 7) is 9.80. The van der Waals surface area contributed by atoms with Crippen molar-refractivity contribution in [2.24, 2.45) is 0 Å². The zero-order valence-corrected chi connectivity index (χ0v) is 18.5. The lowest BCUT2D eigenvalue weighted by Gasteiger charge is -2.36. The van der Waals surface area contributed by atoms with Crippen LogP contribution in [0.5, 0.6) is 0 Å². The number of nitrogens with one attached hydrogen (secondary N) is 1. The first kappa shape index (κ1) is 21.0. The van der Waals surface area contributed by atoms with Crippen molar-refractivity contribution in [2.75, 3.05) is 25.0 Å². The molecular weight excluding hydrogens is 376 g/mol. The first-order chi connectivity index (χ1) is 14.4. The normalized spacial score (nSPS) is 19.6. The maximum Gasteiger partial charge on any atom is 0.266 e. The molecule has 0 radical (unpaired) electrons. The number of fused-ring (bicyclic) bond motifs is 1. The minimum Gasteiger partial charge on any atom is -0.368 e. The van der Waals surface area contributed by atoms with Crippen molar-refractivity contribution in [3.05, 3.63) is 45.8 Å². The standard InChI is InChI=1S/C23H34N6O/c1-23(2,3)20-10-11-21(30)29(27-20)14-13-28-12-5-4-7-17(28)15-24-22-18-8-6-9-19(18)25-16-26-22/h10-11,16-17H,4-9,12-15H2,1-3H3,(H,24,25,26). The van der Waals surface area contributed by atoms with Crippen molar-refractivity contribution in [1.29, 1.82) is 0 Å². The van der Waals surface area contributed by atoms with Crippen LogP contribution in [-0.2, 0) is 24.8 Å². The van der Waals surface area contributed by atoms with Crippen molar-refractivity contribution in [2.45, 2.75) is 77.3 Å². The average Bonchev–Trinajstić information content (AvgIpc) is 3.21. The molecule has 0 aromatic carbocycles. The van der Waals surface area contributed by atoms with Crippen molar-refractivity contribution >= 4 is 5.82 Å². The van der Waals surface area contributed by atoms with Gasteiger partial charge in [-0.1, -0.05) is 27.2 Å². The molecule has 162 valence electrons. The Kier molecular flexibility index (Phi) is 6.18. The van der Waals surface area contributed by atoms with Crippen LogP contribution in [0.15, 0.2) is 23.3 Å². The Morgan fingerprint density at radius 3 is 2.80 bits per heavy atom. The Hall–Kier alpha value is -2.28. The van der Waals surface area contributed by atoms with Gasteiger partial charge in [-0.2, -0.15) is 5.10 Å². The molecule has 1 aliphatic heterocycles. The first-order valence-electron chi connectivity index (χ1n) is 11.3. The fourth-order valence-electron chi connectivity index (χ4n) is 4.54. The maximum atomic E-state index is 12.3. The van der Waals surface area contributed by atoms with Crippen molar-refractivity contribution < 1.29 is 0 Å². The first-order valence-corrected chi connectivity index (χ1v) is 11.3. The fraction of sp³-hybridized carbons (Fsp3) is 0.652. The quantitative estimate of drug-likeness (QED) is 0.789. The molecule has 3 heterocycles. The van der Waals surface area contributed by atoms with Gasteiger partial charge in [0.15, 0.2) is 0 Å². The van der Waals surface area contributed by atoms with Crippen LogP contribution in [0, 0.1) is 0 Å². The van der Waals surface area contributed by atoms with Gasteiger partial charge in [0.25, 0.3) is 5.56 Å². The summed E-state index contributed by atoms with van der Waals surface area (Å²) in [6.07, 6.45) is 8.64. The van der Waals surface area contributed by atoms with E-state index in [0.717, 1.165) is 44.0 Å². The fourth-order valence-corrected chi connectivity index (χ4v) is 4.54. The third-order valence-corrected chi connectivity index (χ3v) is 6.36. The zero-order chi connectivity index (χ0) is 21.1. The Balaban J connectivity index is 1.40. The van der Waals surface area contributed by atoms with Crippen molar-refractivity contribution in [1.82, 2.24) is 24.6 Å². The second-order valence-corrected chi connectivity index (χ2v) is 9.60. The SMILES string of the molecule is CC(C)(C)c1ccc(=O)n(CCN2CCCCC2CNc2ncnc3c2CCC3)n1. The van der Waals surface area contributed by atoms with E-state index in [2.05, 4.69) is 46.1 Å². The number of anilines is 1. The number of hydrogen-bond acceptors (Lipinski definition) is 6. The smallest absolute Gasteiger partial charge is 0.266 e. The monoisotopic (exact) mass is 410 g/mol. The number of piperidine rings is 1. The molecule has 0 bridgehead atoms. The van der Waals surface area contributed by atoms with E-state index in [1.54, 1.807) is 17.1 Å². The molecule has 1 atom stereocenters. The molecule has 1 aliphatic carbocycles. The van der Waals surface area contributed by atoms with E-state index >= 15 is 0 Å². The van der Waals surface area contributed by atoms with Gasteiger partial charge in [-0.15, -0.1) is 0 Å². The van der Waals surface area contributed by atoms with Crippen LogP contribution in [-0.4, -0.2) is 50.3 Å². The molecule has 4 rings (SSSR count). The van der Waals surface area contributed by atoms with Gasteiger partial charge in [0.1, 0.15) is 12.1 Å². The van der Waals surface area contributed by atoms with Crippen LogP contribution in [0.3, 0.4) is 0 Å². The number of aryl methyl sites for hydroxylation is 1. The topological polar surface area (TPSA) is 75.9 Å². The Labute approximate surface area is 178 Å². The molecule has 30 heavy (non-hydrogen) atoms. The van der Waals surface area contributed by atoms with Crippen LogP contribution in [0.2, 0.25) is 0 Å². The second kappa shape index (κ2) is 8.84. The van der Waals surface area contributed by atoms with Gasteiger partial charge in [-0.3, -0.25) is 9.69 Å². The van der Waals surface area contributed by atoms with Crippen LogP contribution < -0.4 is 10.9 Å². The molecule has 1 saturated heterocycles. The van der Waals surface area contributed by atoms with Gasteiger partial charge in [0, 0.05) is 41.9 Å². The molecule has 0 saturated carbocycles. The lowest BCUT2D eigenvalue weighted by atomic mass is 9.92. The summed E-state index contributed by atoms with van der Waals surface area (Å²) in [7, 11) is 0.